The Morgan fingerprint density at radius 2 is 1.31 bits per heavy atom. The van der Waals surface area contributed by atoms with E-state index in [1.165, 1.54) is 11.3 Å². The van der Waals surface area contributed by atoms with Gasteiger partial charge in [-0.05, 0) is 28.8 Å². The van der Waals surface area contributed by atoms with E-state index in [2.05, 4.69) is 52.3 Å². The summed E-state index contributed by atoms with van der Waals surface area (Å²) in [6.45, 7) is 5.11. The van der Waals surface area contributed by atoms with Crippen molar-refractivity contribution in [3.8, 4) is 0 Å². The smallest absolute Gasteiger partial charge is 0.229 e. The van der Waals surface area contributed by atoms with Gasteiger partial charge in [0.1, 0.15) is 0 Å². The van der Waals surface area contributed by atoms with Crippen molar-refractivity contribution in [1.82, 2.24) is 4.90 Å². The maximum absolute atomic E-state index is 12.1. The largest absolute Gasteiger partial charge is 0.369 e. The van der Waals surface area contributed by atoms with Crippen LogP contribution in [0, 0.1) is 0 Å². The second kappa shape index (κ2) is 8.93. The van der Waals surface area contributed by atoms with Crippen molar-refractivity contribution in [2.24, 2.45) is 5.73 Å². The van der Waals surface area contributed by atoms with Gasteiger partial charge in [0.25, 0.3) is 0 Å². The number of hydrogen-bond donors (Lipinski definition) is 1. The summed E-state index contributed by atoms with van der Waals surface area (Å²) in [7, 11) is 0. The molecule has 4 rings (SSSR count). The number of primary amides is 1. The summed E-state index contributed by atoms with van der Waals surface area (Å²) in [4.78, 5) is 17.0. The van der Waals surface area contributed by atoms with Crippen molar-refractivity contribution >= 4 is 11.6 Å². The standard InChI is InChI=1S/C25H27N3O/c26-25(29)24(21-9-5-2-6-10-21)22-11-13-23(14-12-22)28-17-15-27(16-18-28)19-20-7-3-1-4-8-20/h1-14,24H,15-19H2,(H2,26,29). The van der Waals surface area contributed by atoms with Crippen LogP contribution in [0.5, 0.6) is 0 Å². The summed E-state index contributed by atoms with van der Waals surface area (Å²) in [5.74, 6) is -0.730. The van der Waals surface area contributed by atoms with Gasteiger partial charge in [0, 0.05) is 38.4 Å². The topological polar surface area (TPSA) is 49.6 Å². The average molecular weight is 386 g/mol. The van der Waals surface area contributed by atoms with E-state index < -0.39 is 5.92 Å². The average Bonchev–Trinajstić information content (AvgIpc) is 2.76. The van der Waals surface area contributed by atoms with E-state index in [9.17, 15) is 4.79 Å². The Labute approximate surface area is 172 Å². The summed E-state index contributed by atoms with van der Waals surface area (Å²) in [6.07, 6.45) is 0. The van der Waals surface area contributed by atoms with Crippen LogP contribution in [0.15, 0.2) is 84.9 Å². The molecule has 0 aromatic heterocycles. The Bertz CT molecular complexity index is 917. The second-order valence-electron chi connectivity index (χ2n) is 7.59. The lowest BCUT2D eigenvalue weighted by molar-refractivity contribution is -0.118. The zero-order chi connectivity index (χ0) is 20.1. The fourth-order valence-corrected chi connectivity index (χ4v) is 4.05. The molecule has 1 atom stereocenters. The molecule has 1 saturated heterocycles. The molecule has 3 aromatic rings. The van der Waals surface area contributed by atoms with Gasteiger partial charge in [-0.25, -0.2) is 0 Å². The van der Waals surface area contributed by atoms with Crippen molar-refractivity contribution in [2.75, 3.05) is 31.1 Å². The number of carbonyl (C=O) groups is 1. The van der Waals surface area contributed by atoms with Crippen LogP contribution >= 0.6 is 0 Å². The fraction of sp³-hybridized carbons (Fsp3) is 0.240. The molecule has 4 nitrogen and oxygen atoms in total. The van der Waals surface area contributed by atoms with Gasteiger partial charge in [-0.15, -0.1) is 0 Å². The predicted molar refractivity (Wildman–Crippen MR) is 118 cm³/mol. The second-order valence-corrected chi connectivity index (χ2v) is 7.59. The summed E-state index contributed by atoms with van der Waals surface area (Å²) in [5.41, 5.74) is 10.1. The first-order chi connectivity index (χ1) is 14.2. The van der Waals surface area contributed by atoms with E-state index in [0.29, 0.717) is 0 Å². The summed E-state index contributed by atoms with van der Waals surface area (Å²) >= 11 is 0. The van der Waals surface area contributed by atoms with Gasteiger partial charge in [-0.1, -0.05) is 72.8 Å². The molecule has 1 amide bonds. The maximum atomic E-state index is 12.1. The van der Waals surface area contributed by atoms with Crippen LogP contribution in [0.2, 0.25) is 0 Å². The molecule has 2 N–H and O–H groups in total. The first kappa shape index (κ1) is 19.2. The molecule has 1 aliphatic rings. The molecule has 3 aromatic carbocycles. The third-order valence-corrected chi connectivity index (χ3v) is 5.63. The molecule has 1 unspecified atom stereocenters. The number of nitrogens with zero attached hydrogens (tertiary/aromatic N) is 2. The van der Waals surface area contributed by atoms with Crippen LogP contribution in [0.25, 0.3) is 0 Å². The van der Waals surface area contributed by atoms with Gasteiger partial charge >= 0.3 is 0 Å². The summed E-state index contributed by atoms with van der Waals surface area (Å²) < 4.78 is 0. The van der Waals surface area contributed by atoms with Crippen LogP contribution in [0.3, 0.4) is 0 Å². The van der Waals surface area contributed by atoms with Gasteiger partial charge in [-0.3, -0.25) is 9.69 Å². The van der Waals surface area contributed by atoms with E-state index in [4.69, 9.17) is 5.73 Å². The normalized spacial score (nSPS) is 15.8. The van der Waals surface area contributed by atoms with Crippen LogP contribution < -0.4 is 10.6 Å². The minimum absolute atomic E-state index is 0.321. The van der Waals surface area contributed by atoms with Crippen molar-refractivity contribution in [3.05, 3.63) is 102 Å². The molecule has 4 heteroatoms. The molecule has 1 aliphatic heterocycles. The number of anilines is 1. The van der Waals surface area contributed by atoms with Crippen LogP contribution in [0.4, 0.5) is 5.69 Å². The number of nitrogens with two attached hydrogens (primary N) is 1. The molecule has 0 aliphatic carbocycles. The highest BCUT2D eigenvalue weighted by Crippen LogP contribution is 2.27. The van der Waals surface area contributed by atoms with Gasteiger partial charge in [-0.2, -0.15) is 0 Å². The first-order valence-electron chi connectivity index (χ1n) is 10.2. The van der Waals surface area contributed by atoms with E-state index in [1.807, 2.05) is 42.5 Å². The quantitative estimate of drug-likeness (QED) is 0.705. The monoisotopic (exact) mass is 385 g/mol. The van der Waals surface area contributed by atoms with E-state index in [-0.39, 0.29) is 5.91 Å². The van der Waals surface area contributed by atoms with Crippen molar-refractivity contribution < 1.29 is 4.79 Å². The molecule has 148 valence electrons. The van der Waals surface area contributed by atoms with Gasteiger partial charge in [0.05, 0.1) is 5.92 Å². The lowest BCUT2D eigenvalue weighted by Gasteiger charge is -2.36. The number of benzene rings is 3. The highest BCUT2D eigenvalue weighted by atomic mass is 16.1. The Balaban J connectivity index is 1.40. The maximum Gasteiger partial charge on any atom is 0.229 e. The predicted octanol–water partition coefficient (Wildman–Crippen LogP) is 3.63. The third kappa shape index (κ3) is 4.66. The number of rotatable bonds is 6. The Kier molecular flexibility index (Phi) is 5.92. The molecule has 0 saturated carbocycles. The van der Waals surface area contributed by atoms with Gasteiger partial charge in [0.15, 0.2) is 0 Å². The fourth-order valence-electron chi connectivity index (χ4n) is 4.05. The Morgan fingerprint density at radius 1 is 0.759 bits per heavy atom. The van der Waals surface area contributed by atoms with Crippen molar-refractivity contribution in [3.63, 3.8) is 0 Å². The van der Waals surface area contributed by atoms with Crippen LogP contribution in [-0.2, 0) is 11.3 Å². The highest BCUT2D eigenvalue weighted by Gasteiger charge is 2.21. The van der Waals surface area contributed by atoms with Crippen LogP contribution in [-0.4, -0.2) is 37.0 Å². The minimum Gasteiger partial charge on any atom is -0.369 e. The first-order valence-corrected chi connectivity index (χ1v) is 10.2. The number of carbonyl (C=O) groups excluding carboxylic acids is 1. The minimum atomic E-state index is -0.409. The highest BCUT2D eigenvalue weighted by molar-refractivity contribution is 5.85. The molecule has 29 heavy (non-hydrogen) atoms. The molecule has 0 radical (unpaired) electrons. The summed E-state index contributed by atoms with van der Waals surface area (Å²) in [6, 6.07) is 28.7. The number of piperazine rings is 1. The van der Waals surface area contributed by atoms with Crippen molar-refractivity contribution in [2.45, 2.75) is 12.5 Å². The number of amides is 1. The third-order valence-electron chi connectivity index (χ3n) is 5.63. The SMILES string of the molecule is NC(=O)C(c1ccccc1)c1ccc(N2CCN(Cc3ccccc3)CC2)cc1. The Hall–Kier alpha value is -3.11. The van der Waals surface area contributed by atoms with E-state index in [0.717, 1.165) is 43.9 Å². The van der Waals surface area contributed by atoms with E-state index >= 15 is 0 Å². The van der Waals surface area contributed by atoms with E-state index in [1.54, 1.807) is 0 Å². The van der Waals surface area contributed by atoms with Crippen LogP contribution in [0.1, 0.15) is 22.6 Å². The van der Waals surface area contributed by atoms with Gasteiger partial charge in [0.2, 0.25) is 5.91 Å². The lowest BCUT2D eigenvalue weighted by Crippen LogP contribution is -2.45. The number of hydrogen-bond acceptors (Lipinski definition) is 3. The zero-order valence-electron chi connectivity index (χ0n) is 16.6. The molecular weight excluding hydrogens is 358 g/mol. The molecule has 0 spiro atoms. The van der Waals surface area contributed by atoms with Gasteiger partial charge < -0.3 is 10.6 Å². The molecule has 1 fully saturated rings. The molecule has 0 bridgehead atoms. The molecular formula is C25H27N3O. The Morgan fingerprint density at radius 3 is 1.90 bits per heavy atom. The summed E-state index contributed by atoms with van der Waals surface area (Å²) in [5, 5.41) is 0. The van der Waals surface area contributed by atoms with Crippen molar-refractivity contribution in [1.29, 1.82) is 0 Å². The zero-order valence-corrected chi connectivity index (χ0v) is 16.6. The lowest BCUT2D eigenvalue weighted by atomic mass is 9.90. The molecule has 1 heterocycles.